The molecule has 4 aliphatic rings. The van der Waals surface area contributed by atoms with Crippen molar-refractivity contribution in [3.8, 4) is 5.88 Å². The Hall–Kier alpha value is -2.78. The van der Waals surface area contributed by atoms with Crippen LogP contribution < -0.4 is 21.1 Å². The molecule has 0 aliphatic heterocycles. The van der Waals surface area contributed by atoms with Crippen molar-refractivity contribution in [2.75, 3.05) is 13.2 Å². The van der Waals surface area contributed by atoms with E-state index in [0.717, 1.165) is 32.1 Å². The van der Waals surface area contributed by atoms with Crippen molar-refractivity contribution in [1.82, 2.24) is 20.4 Å². The Labute approximate surface area is 219 Å². The van der Waals surface area contributed by atoms with Gasteiger partial charge in [0.1, 0.15) is 5.56 Å². The molecule has 4 N–H and O–H groups in total. The lowest BCUT2D eigenvalue weighted by atomic mass is 9.48. The molecule has 2 unspecified atom stereocenters. The summed E-state index contributed by atoms with van der Waals surface area (Å²) in [6, 6.07) is 0.0887. The van der Waals surface area contributed by atoms with Gasteiger partial charge in [-0.05, 0) is 76.0 Å². The highest BCUT2D eigenvalue weighted by Gasteiger charge is 2.56. The molecule has 5 rings (SSSR count). The van der Waals surface area contributed by atoms with Crippen LogP contribution in [0.3, 0.4) is 0 Å². The minimum absolute atomic E-state index is 0.0100. The highest BCUT2D eigenvalue weighted by Crippen LogP contribution is 2.60. The minimum atomic E-state index is -0.716. The van der Waals surface area contributed by atoms with E-state index in [2.05, 4.69) is 29.6 Å². The topological polar surface area (TPSA) is 138 Å². The van der Waals surface area contributed by atoms with Crippen LogP contribution in [-0.4, -0.2) is 52.5 Å². The van der Waals surface area contributed by atoms with Gasteiger partial charge in [-0.3, -0.25) is 9.59 Å². The molecule has 4 bridgehead atoms. The summed E-state index contributed by atoms with van der Waals surface area (Å²) in [5, 5.41) is 10.8. The third-order valence-electron chi connectivity index (χ3n) is 8.27. The van der Waals surface area contributed by atoms with Crippen LogP contribution >= 0.6 is 0 Å². The van der Waals surface area contributed by atoms with Crippen molar-refractivity contribution in [3.63, 3.8) is 0 Å². The molecule has 206 valence electrons. The lowest BCUT2D eigenvalue weighted by Gasteiger charge is -2.59. The number of hydrogen-bond donors (Lipinski definition) is 3. The first kappa shape index (κ1) is 27.3. The van der Waals surface area contributed by atoms with Gasteiger partial charge in [0.2, 0.25) is 11.8 Å². The second-order valence-electron chi connectivity index (χ2n) is 12.7. The number of rotatable bonds is 11. The van der Waals surface area contributed by atoms with Crippen molar-refractivity contribution in [1.29, 1.82) is 0 Å². The fourth-order valence-corrected chi connectivity index (χ4v) is 7.07. The molecule has 1 aromatic heterocycles. The number of hydrogen-bond acceptors (Lipinski definition) is 6. The molecular weight excluding hydrogens is 474 g/mol. The average Bonchev–Trinajstić information content (AvgIpc) is 3.19. The van der Waals surface area contributed by atoms with Crippen LogP contribution in [-0.2, 0) is 16.1 Å². The van der Waals surface area contributed by atoms with E-state index in [4.69, 9.17) is 15.2 Å². The Morgan fingerprint density at radius 2 is 1.89 bits per heavy atom. The maximum Gasteiger partial charge on any atom is 0.404 e. The molecule has 1 heterocycles. The molecular formula is C27H43N5O5. The third-order valence-corrected chi connectivity index (χ3v) is 8.27. The molecule has 0 aromatic carbocycles. The summed E-state index contributed by atoms with van der Waals surface area (Å²) in [6.45, 7) is 10.9. The van der Waals surface area contributed by atoms with E-state index < -0.39 is 11.6 Å². The van der Waals surface area contributed by atoms with Gasteiger partial charge >= 0.3 is 6.09 Å². The van der Waals surface area contributed by atoms with Crippen LogP contribution in [0.25, 0.3) is 0 Å². The molecule has 4 saturated carbocycles. The molecule has 2 atom stereocenters. The number of ether oxygens (including phenoxy) is 2. The predicted octanol–water partition coefficient (Wildman–Crippen LogP) is 3.24. The Kier molecular flexibility index (Phi) is 7.76. The minimum Gasteiger partial charge on any atom is -0.477 e. The lowest BCUT2D eigenvalue weighted by Crippen LogP contribution is -2.60. The maximum atomic E-state index is 13.6. The number of nitrogens with one attached hydrogen (secondary N) is 2. The normalized spacial score (nSPS) is 28.3. The van der Waals surface area contributed by atoms with Gasteiger partial charge in [0.05, 0.1) is 19.4 Å². The number of primary amides is 1. The van der Waals surface area contributed by atoms with E-state index in [-0.39, 0.29) is 23.3 Å². The molecule has 0 saturated heterocycles. The first-order chi connectivity index (χ1) is 17.4. The number of nitrogens with two attached hydrogens (primary N) is 1. The molecule has 10 nitrogen and oxygen atoms in total. The summed E-state index contributed by atoms with van der Waals surface area (Å²) in [6.07, 6.45) is 6.64. The Bertz CT molecular complexity index is 1000. The molecule has 10 heteroatoms. The van der Waals surface area contributed by atoms with Crippen molar-refractivity contribution in [2.45, 2.75) is 91.3 Å². The largest absolute Gasteiger partial charge is 0.477 e. The second-order valence-corrected chi connectivity index (χ2v) is 12.7. The zero-order valence-corrected chi connectivity index (χ0v) is 22.8. The van der Waals surface area contributed by atoms with Crippen LogP contribution in [0.1, 0.15) is 83.5 Å². The fraction of sp³-hybridized carbons (Fsp3) is 0.778. The van der Waals surface area contributed by atoms with Gasteiger partial charge in [0.25, 0.3) is 5.91 Å². The summed E-state index contributed by atoms with van der Waals surface area (Å²) in [5.74, 6) is 1.85. The average molecular weight is 518 g/mol. The first-order valence-electron chi connectivity index (χ1n) is 13.6. The Morgan fingerprint density at radius 1 is 1.22 bits per heavy atom. The zero-order valence-electron chi connectivity index (χ0n) is 22.8. The molecule has 1 aromatic rings. The van der Waals surface area contributed by atoms with Crippen LogP contribution in [0.2, 0.25) is 0 Å². The SMILES string of the molecule is CC(=O)NC(C)(C)CCn1ncc(C(=O)N[C@H]2C3CC4CC2C[C@](COC(N)=O)(C4)C3)c1OCC(C)C. The highest BCUT2D eigenvalue weighted by atomic mass is 16.5. The zero-order chi connectivity index (χ0) is 27.0. The van der Waals surface area contributed by atoms with E-state index in [0.29, 0.717) is 61.3 Å². The number of aryl methyl sites for hydroxylation is 1. The number of carbonyl (C=O) groups excluding carboxylic acids is 3. The molecule has 0 spiro atoms. The number of carbonyl (C=O) groups is 3. The van der Waals surface area contributed by atoms with Crippen LogP contribution in [0.15, 0.2) is 6.20 Å². The van der Waals surface area contributed by atoms with Gasteiger partial charge in [-0.25, -0.2) is 9.48 Å². The summed E-state index contributed by atoms with van der Waals surface area (Å²) < 4.78 is 13.1. The number of aromatic nitrogens is 2. The maximum absolute atomic E-state index is 13.6. The van der Waals surface area contributed by atoms with Gasteiger partial charge in [-0.2, -0.15) is 5.10 Å². The summed E-state index contributed by atoms with van der Waals surface area (Å²) in [4.78, 5) is 36.4. The van der Waals surface area contributed by atoms with Crippen molar-refractivity contribution in [2.24, 2.45) is 34.8 Å². The van der Waals surface area contributed by atoms with Crippen molar-refractivity contribution >= 4 is 17.9 Å². The highest BCUT2D eigenvalue weighted by molar-refractivity contribution is 5.96. The van der Waals surface area contributed by atoms with E-state index in [9.17, 15) is 14.4 Å². The van der Waals surface area contributed by atoms with Crippen molar-refractivity contribution < 1.29 is 23.9 Å². The quantitative estimate of drug-likeness (QED) is 0.412. The molecule has 4 aliphatic carbocycles. The molecule has 3 amide bonds. The molecule has 4 fully saturated rings. The third kappa shape index (κ3) is 6.38. The van der Waals surface area contributed by atoms with Crippen LogP contribution in [0.5, 0.6) is 5.88 Å². The van der Waals surface area contributed by atoms with Gasteiger partial charge in [0.15, 0.2) is 0 Å². The second kappa shape index (κ2) is 10.5. The predicted molar refractivity (Wildman–Crippen MR) is 138 cm³/mol. The van der Waals surface area contributed by atoms with Gasteiger partial charge in [0, 0.05) is 30.5 Å². The van der Waals surface area contributed by atoms with E-state index in [1.807, 2.05) is 13.8 Å². The van der Waals surface area contributed by atoms with E-state index in [1.54, 1.807) is 10.9 Å². The van der Waals surface area contributed by atoms with Crippen LogP contribution in [0, 0.1) is 29.1 Å². The van der Waals surface area contributed by atoms with Crippen LogP contribution in [0.4, 0.5) is 4.79 Å². The molecule has 0 radical (unpaired) electrons. The van der Waals surface area contributed by atoms with E-state index >= 15 is 0 Å². The van der Waals surface area contributed by atoms with Gasteiger partial charge < -0.3 is 25.8 Å². The summed E-state index contributed by atoms with van der Waals surface area (Å²) in [7, 11) is 0. The smallest absolute Gasteiger partial charge is 0.404 e. The number of amides is 3. The monoisotopic (exact) mass is 517 g/mol. The summed E-state index contributed by atoms with van der Waals surface area (Å²) in [5.41, 5.74) is 5.27. The summed E-state index contributed by atoms with van der Waals surface area (Å²) >= 11 is 0. The fourth-order valence-electron chi connectivity index (χ4n) is 7.07. The van der Waals surface area contributed by atoms with E-state index in [1.165, 1.54) is 6.92 Å². The standard InChI is InChI=1S/C27H43N5O5/c1-16(2)14-36-24-21(13-29-32(24)7-6-26(4,5)31-17(3)33)23(34)30-22-19-8-18-9-20(22)12-27(10-18,11-19)15-37-25(28)35/h13,16,18-20,22H,6-12,14-15H2,1-5H3,(H2,28,35)(H,30,34)(H,31,33)/t18?,19?,20?,22-,27-. The number of nitrogens with zero attached hydrogens (tertiary/aromatic N) is 2. The van der Waals surface area contributed by atoms with Crippen molar-refractivity contribution in [3.05, 3.63) is 11.8 Å². The lowest BCUT2D eigenvalue weighted by molar-refractivity contribution is -0.120. The Balaban J connectivity index is 1.47. The van der Waals surface area contributed by atoms with Gasteiger partial charge in [-0.1, -0.05) is 13.8 Å². The van der Waals surface area contributed by atoms with Gasteiger partial charge in [-0.15, -0.1) is 0 Å². The first-order valence-corrected chi connectivity index (χ1v) is 13.6. The molecule has 37 heavy (non-hydrogen) atoms. The Morgan fingerprint density at radius 3 is 2.49 bits per heavy atom.